The van der Waals surface area contributed by atoms with Crippen molar-refractivity contribution in [3.05, 3.63) is 84.0 Å². The number of carboxylic acids is 1. The van der Waals surface area contributed by atoms with Gasteiger partial charge in [-0.2, -0.15) is 0 Å². The molecule has 0 radical (unpaired) electrons. The molecule has 0 unspecified atom stereocenters. The first-order valence-corrected chi connectivity index (χ1v) is 9.72. The molecule has 0 aliphatic rings. The second kappa shape index (κ2) is 13.4. The number of hydrogen-bond donors (Lipinski definition) is 3. The summed E-state index contributed by atoms with van der Waals surface area (Å²) in [6.45, 7) is 8.59. The fourth-order valence-electron chi connectivity index (χ4n) is 2.19. The van der Waals surface area contributed by atoms with Crippen molar-refractivity contribution >= 4 is 17.7 Å². The molecule has 2 rings (SSSR count). The highest BCUT2D eigenvalue weighted by Crippen LogP contribution is 2.26. The zero-order chi connectivity index (χ0) is 24.1. The van der Waals surface area contributed by atoms with E-state index >= 15 is 0 Å². The van der Waals surface area contributed by atoms with Gasteiger partial charge in [-0.1, -0.05) is 50.4 Å². The Labute approximate surface area is 186 Å². The Morgan fingerprint density at radius 1 is 1.00 bits per heavy atom. The van der Waals surface area contributed by atoms with Crippen molar-refractivity contribution in [2.75, 3.05) is 6.61 Å². The lowest BCUT2D eigenvalue weighted by molar-refractivity contribution is -0.208. The van der Waals surface area contributed by atoms with Crippen molar-refractivity contribution < 1.29 is 39.5 Å². The minimum absolute atomic E-state index is 0.0201. The van der Waals surface area contributed by atoms with Crippen LogP contribution in [0.15, 0.2) is 72.8 Å². The number of phenols is 1. The normalized spacial score (nSPS) is 9.69. The van der Waals surface area contributed by atoms with Crippen LogP contribution >= 0.6 is 0 Å². The highest BCUT2D eigenvalue weighted by Gasteiger charge is 2.15. The third kappa shape index (κ3) is 8.45. The summed E-state index contributed by atoms with van der Waals surface area (Å²) in [7, 11) is 0. The van der Waals surface area contributed by atoms with E-state index in [0.29, 0.717) is 24.8 Å². The van der Waals surface area contributed by atoms with E-state index < -0.39 is 11.9 Å². The molecule has 0 saturated heterocycles. The highest BCUT2D eigenvalue weighted by molar-refractivity contribution is 6.10. The number of aromatic hydroxyl groups is 1. The standard InChI is InChI=1S/C18H16O5.C6H10O3/c1-3-12(2)18(21)23-22-14-9-10-15(16(19)11-14)17(20)13-7-5-4-6-8-13;1-5(6(8)9)3-2-4-7/h4-11,19H,2-3H2,1H3;7H,1-4H2,(H,8,9). The summed E-state index contributed by atoms with van der Waals surface area (Å²) in [4.78, 5) is 43.1. The van der Waals surface area contributed by atoms with Gasteiger partial charge in [-0.15, -0.1) is 0 Å². The molecule has 3 N–H and O–H groups in total. The van der Waals surface area contributed by atoms with Gasteiger partial charge in [0.2, 0.25) is 0 Å². The topological polar surface area (TPSA) is 130 Å². The summed E-state index contributed by atoms with van der Waals surface area (Å²) in [5.74, 6) is -2.14. The lowest BCUT2D eigenvalue weighted by Crippen LogP contribution is -2.09. The Morgan fingerprint density at radius 3 is 2.19 bits per heavy atom. The van der Waals surface area contributed by atoms with Crippen molar-refractivity contribution in [3.8, 4) is 11.5 Å². The van der Waals surface area contributed by atoms with E-state index in [1.807, 2.05) is 0 Å². The number of carbonyl (C=O) groups excluding carboxylic acids is 2. The average Bonchev–Trinajstić information content (AvgIpc) is 2.80. The molecule has 0 saturated carbocycles. The maximum absolute atomic E-state index is 12.3. The molecule has 2 aromatic rings. The lowest BCUT2D eigenvalue weighted by Gasteiger charge is -2.08. The van der Waals surface area contributed by atoms with E-state index in [4.69, 9.17) is 15.1 Å². The summed E-state index contributed by atoms with van der Waals surface area (Å²) >= 11 is 0. The summed E-state index contributed by atoms with van der Waals surface area (Å²) in [6.07, 6.45) is 1.29. The molecule has 8 nitrogen and oxygen atoms in total. The molecule has 0 fully saturated rings. The smallest absolute Gasteiger partial charge is 0.381 e. The third-order valence-electron chi connectivity index (χ3n) is 4.12. The third-order valence-corrected chi connectivity index (χ3v) is 4.12. The average molecular weight is 442 g/mol. The fourth-order valence-corrected chi connectivity index (χ4v) is 2.19. The maximum Gasteiger partial charge on any atom is 0.381 e. The van der Waals surface area contributed by atoms with Crippen LogP contribution < -0.4 is 4.89 Å². The van der Waals surface area contributed by atoms with Gasteiger partial charge in [0, 0.05) is 29.4 Å². The largest absolute Gasteiger partial charge is 0.507 e. The van der Waals surface area contributed by atoms with Gasteiger partial charge in [-0.25, -0.2) is 14.5 Å². The van der Waals surface area contributed by atoms with Gasteiger partial charge in [-0.3, -0.25) is 9.68 Å². The second-order valence-electron chi connectivity index (χ2n) is 6.52. The van der Waals surface area contributed by atoms with Gasteiger partial charge < -0.3 is 15.3 Å². The fraction of sp³-hybridized carbons (Fsp3) is 0.208. The van der Waals surface area contributed by atoms with Crippen LogP contribution in [0.25, 0.3) is 0 Å². The minimum Gasteiger partial charge on any atom is -0.507 e. The molecule has 0 aliphatic carbocycles. The van der Waals surface area contributed by atoms with Crippen LogP contribution in [-0.4, -0.2) is 39.6 Å². The Hall–Kier alpha value is -3.91. The van der Waals surface area contributed by atoms with E-state index in [1.54, 1.807) is 37.3 Å². The highest BCUT2D eigenvalue weighted by atomic mass is 17.2. The molecule has 0 amide bonds. The predicted octanol–water partition coefficient (Wildman–Crippen LogP) is 3.83. The van der Waals surface area contributed by atoms with Crippen molar-refractivity contribution in [2.24, 2.45) is 0 Å². The quantitative estimate of drug-likeness (QED) is 0.219. The first-order valence-electron chi connectivity index (χ1n) is 9.72. The SMILES string of the molecule is C=C(CC)C(=O)OOc1ccc(C(=O)c2ccccc2)c(O)c1.C=C(CCCO)C(=O)O. The molecule has 170 valence electrons. The Bertz CT molecular complexity index is 963. The number of ketones is 1. The number of phenolic OH excluding ortho intramolecular Hbond substituents is 1. The van der Waals surface area contributed by atoms with Crippen LogP contribution in [0.5, 0.6) is 11.5 Å². The zero-order valence-corrected chi connectivity index (χ0v) is 17.7. The van der Waals surface area contributed by atoms with Crippen molar-refractivity contribution in [1.82, 2.24) is 0 Å². The number of aliphatic hydroxyl groups is 1. The second-order valence-corrected chi connectivity index (χ2v) is 6.52. The van der Waals surface area contributed by atoms with Crippen LogP contribution in [0.3, 0.4) is 0 Å². The monoisotopic (exact) mass is 442 g/mol. The van der Waals surface area contributed by atoms with E-state index in [1.165, 1.54) is 18.2 Å². The lowest BCUT2D eigenvalue weighted by atomic mass is 10.0. The molecular weight excluding hydrogens is 416 g/mol. The van der Waals surface area contributed by atoms with Gasteiger partial charge >= 0.3 is 11.9 Å². The summed E-state index contributed by atoms with van der Waals surface area (Å²) < 4.78 is 0. The van der Waals surface area contributed by atoms with E-state index in [0.717, 1.165) is 0 Å². The van der Waals surface area contributed by atoms with Crippen LogP contribution in [0, 0.1) is 0 Å². The molecule has 0 atom stereocenters. The number of rotatable bonds is 10. The van der Waals surface area contributed by atoms with Crippen LogP contribution in [0.4, 0.5) is 0 Å². The number of aliphatic carboxylic acids is 1. The van der Waals surface area contributed by atoms with E-state index in [2.05, 4.69) is 18.0 Å². The van der Waals surface area contributed by atoms with Crippen LogP contribution in [0.1, 0.15) is 42.1 Å². The van der Waals surface area contributed by atoms with Crippen molar-refractivity contribution in [3.63, 3.8) is 0 Å². The van der Waals surface area contributed by atoms with Crippen LogP contribution in [0.2, 0.25) is 0 Å². The van der Waals surface area contributed by atoms with Crippen LogP contribution in [-0.2, 0) is 14.5 Å². The van der Waals surface area contributed by atoms with E-state index in [-0.39, 0.29) is 40.6 Å². The number of hydrogen-bond acceptors (Lipinski definition) is 7. The molecular formula is C24H26O8. The molecule has 0 spiro atoms. The number of benzene rings is 2. The van der Waals surface area contributed by atoms with Crippen molar-refractivity contribution in [2.45, 2.75) is 26.2 Å². The number of carboxylic acid groups (broad SMARTS) is 1. The van der Waals surface area contributed by atoms with Gasteiger partial charge in [0.15, 0.2) is 11.5 Å². The molecule has 0 bridgehead atoms. The Balaban J connectivity index is 0.000000482. The van der Waals surface area contributed by atoms with Gasteiger partial charge in [0.05, 0.1) is 5.56 Å². The molecule has 8 heteroatoms. The van der Waals surface area contributed by atoms with Gasteiger partial charge in [-0.05, 0) is 31.4 Å². The summed E-state index contributed by atoms with van der Waals surface area (Å²) in [6, 6.07) is 12.6. The molecule has 0 aliphatic heterocycles. The Kier molecular flexibility index (Phi) is 10.9. The molecule has 0 heterocycles. The first kappa shape index (κ1) is 26.1. The molecule has 2 aromatic carbocycles. The first-order chi connectivity index (χ1) is 15.2. The maximum atomic E-state index is 12.3. The number of carbonyl (C=O) groups is 3. The van der Waals surface area contributed by atoms with Gasteiger partial charge in [0.25, 0.3) is 0 Å². The summed E-state index contributed by atoms with van der Waals surface area (Å²) in [5, 5.41) is 26.5. The minimum atomic E-state index is -0.983. The van der Waals surface area contributed by atoms with Crippen molar-refractivity contribution in [1.29, 1.82) is 0 Å². The molecule has 0 aromatic heterocycles. The zero-order valence-electron chi connectivity index (χ0n) is 17.7. The predicted molar refractivity (Wildman–Crippen MR) is 117 cm³/mol. The number of aliphatic hydroxyl groups excluding tert-OH is 1. The Morgan fingerprint density at radius 2 is 1.66 bits per heavy atom. The van der Waals surface area contributed by atoms with E-state index in [9.17, 15) is 19.5 Å². The van der Waals surface area contributed by atoms with Gasteiger partial charge in [0.1, 0.15) is 5.75 Å². The molecule has 32 heavy (non-hydrogen) atoms. The summed E-state index contributed by atoms with van der Waals surface area (Å²) in [5.41, 5.74) is 1.02.